The number of nitro benzene ring substituents is 2. The van der Waals surface area contributed by atoms with E-state index in [0.717, 1.165) is 0 Å². The third-order valence-electron chi connectivity index (χ3n) is 5.77. The summed E-state index contributed by atoms with van der Waals surface area (Å²) in [6.45, 7) is -0.0252. The SMILES string of the molecule is O=C1OC[C@@H](Cc2cc3c(cc2[N+](=O)[O-])OCO3)[C@@H]1Cc1cc2c(cc1[N+](=O)[O-])OCO2. The number of benzene rings is 2. The minimum Gasteiger partial charge on any atom is -0.465 e. The lowest BCUT2D eigenvalue weighted by atomic mass is 9.84. The third kappa shape index (κ3) is 3.39. The van der Waals surface area contributed by atoms with E-state index in [1.165, 1.54) is 24.3 Å². The van der Waals surface area contributed by atoms with Crippen LogP contribution >= 0.6 is 0 Å². The Kier molecular flexibility index (Phi) is 4.68. The highest BCUT2D eigenvalue weighted by Gasteiger charge is 2.40. The molecule has 166 valence electrons. The van der Waals surface area contributed by atoms with Gasteiger partial charge in [0.25, 0.3) is 11.4 Å². The van der Waals surface area contributed by atoms with Crippen molar-refractivity contribution < 1.29 is 38.3 Å². The Morgan fingerprint density at radius 2 is 1.22 bits per heavy atom. The summed E-state index contributed by atoms with van der Waals surface area (Å²) in [7, 11) is 0. The van der Waals surface area contributed by atoms with E-state index in [0.29, 0.717) is 22.6 Å². The van der Waals surface area contributed by atoms with Gasteiger partial charge in [0, 0.05) is 17.0 Å². The number of cyclic esters (lactones) is 1. The van der Waals surface area contributed by atoms with Gasteiger partial charge in [-0.2, -0.15) is 0 Å². The first-order valence-corrected chi connectivity index (χ1v) is 9.71. The molecule has 0 aromatic heterocycles. The predicted molar refractivity (Wildman–Crippen MR) is 104 cm³/mol. The van der Waals surface area contributed by atoms with E-state index in [4.69, 9.17) is 23.7 Å². The summed E-state index contributed by atoms with van der Waals surface area (Å²) in [5, 5.41) is 23.1. The number of rotatable bonds is 6. The Bertz CT molecular complexity index is 1150. The smallest absolute Gasteiger partial charge is 0.309 e. The summed E-state index contributed by atoms with van der Waals surface area (Å²) in [5.41, 5.74) is 0.323. The first kappa shape index (κ1) is 19.8. The first-order valence-electron chi connectivity index (χ1n) is 9.71. The molecule has 3 aliphatic heterocycles. The highest BCUT2D eigenvalue weighted by atomic mass is 16.7. The molecule has 0 saturated carbocycles. The number of ether oxygens (including phenoxy) is 5. The summed E-state index contributed by atoms with van der Waals surface area (Å²) in [5.74, 6) is -0.358. The maximum atomic E-state index is 12.5. The molecule has 3 heterocycles. The monoisotopic (exact) mass is 444 g/mol. The zero-order chi connectivity index (χ0) is 22.4. The number of carbonyl (C=O) groups is 1. The Balaban J connectivity index is 1.45. The second kappa shape index (κ2) is 7.55. The molecule has 0 aliphatic carbocycles. The second-order valence-electron chi connectivity index (χ2n) is 7.59. The van der Waals surface area contributed by atoms with Crippen LogP contribution in [0.3, 0.4) is 0 Å². The van der Waals surface area contributed by atoms with E-state index in [1.807, 2.05) is 0 Å². The fraction of sp³-hybridized carbons (Fsp3) is 0.350. The van der Waals surface area contributed by atoms with Crippen molar-refractivity contribution in [3.8, 4) is 23.0 Å². The Morgan fingerprint density at radius 3 is 1.72 bits per heavy atom. The van der Waals surface area contributed by atoms with E-state index in [1.54, 1.807) is 0 Å². The molecule has 0 amide bonds. The fourth-order valence-corrected chi connectivity index (χ4v) is 4.19. The van der Waals surface area contributed by atoms with Crippen LogP contribution in [0.2, 0.25) is 0 Å². The van der Waals surface area contributed by atoms with E-state index < -0.39 is 27.7 Å². The van der Waals surface area contributed by atoms with Crippen LogP contribution in [-0.2, 0) is 22.4 Å². The van der Waals surface area contributed by atoms with Crippen molar-refractivity contribution in [2.45, 2.75) is 12.8 Å². The molecule has 0 unspecified atom stereocenters. The third-order valence-corrected chi connectivity index (χ3v) is 5.77. The maximum absolute atomic E-state index is 12.5. The quantitative estimate of drug-likeness (QED) is 0.369. The van der Waals surface area contributed by atoms with Crippen molar-refractivity contribution in [2.24, 2.45) is 11.8 Å². The molecule has 0 spiro atoms. The van der Waals surface area contributed by atoms with Crippen LogP contribution in [0.4, 0.5) is 11.4 Å². The van der Waals surface area contributed by atoms with Crippen molar-refractivity contribution in [2.75, 3.05) is 20.2 Å². The van der Waals surface area contributed by atoms with Gasteiger partial charge in [0.15, 0.2) is 23.0 Å². The van der Waals surface area contributed by atoms with Gasteiger partial charge in [-0.25, -0.2) is 0 Å². The van der Waals surface area contributed by atoms with Gasteiger partial charge in [-0.3, -0.25) is 25.0 Å². The molecule has 1 saturated heterocycles. The van der Waals surface area contributed by atoms with E-state index >= 15 is 0 Å². The number of esters is 1. The largest absolute Gasteiger partial charge is 0.465 e. The van der Waals surface area contributed by atoms with Crippen molar-refractivity contribution >= 4 is 17.3 Å². The Labute approximate surface area is 179 Å². The fourth-order valence-electron chi connectivity index (χ4n) is 4.19. The molecule has 2 aromatic carbocycles. The molecular weight excluding hydrogens is 428 g/mol. The molecule has 12 heteroatoms. The second-order valence-corrected chi connectivity index (χ2v) is 7.59. The minimum absolute atomic E-state index is 0.0226. The van der Waals surface area contributed by atoms with Crippen LogP contribution in [0.25, 0.3) is 0 Å². The molecule has 12 nitrogen and oxygen atoms in total. The van der Waals surface area contributed by atoms with Crippen molar-refractivity contribution in [3.05, 3.63) is 55.6 Å². The summed E-state index contributed by atoms with van der Waals surface area (Å²) in [6.07, 6.45) is 0.177. The average Bonchev–Trinajstić information content (AvgIpc) is 3.48. The van der Waals surface area contributed by atoms with Crippen LogP contribution in [-0.4, -0.2) is 36.0 Å². The predicted octanol–water partition coefficient (Wildman–Crippen LogP) is 2.53. The number of nitro groups is 2. The number of fused-ring (bicyclic) bond motifs is 2. The normalized spacial score (nSPS) is 20.3. The lowest BCUT2D eigenvalue weighted by Crippen LogP contribution is -2.21. The molecule has 3 aliphatic rings. The maximum Gasteiger partial charge on any atom is 0.309 e. The Hall–Kier alpha value is -4.09. The van der Waals surface area contributed by atoms with E-state index in [-0.39, 0.29) is 55.9 Å². The van der Waals surface area contributed by atoms with E-state index in [2.05, 4.69) is 0 Å². The average molecular weight is 444 g/mol. The highest BCUT2D eigenvalue weighted by molar-refractivity contribution is 5.76. The van der Waals surface area contributed by atoms with Crippen LogP contribution in [0, 0.1) is 32.1 Å². The molecule has 2 aromatic rings. The van der Waals surface area contributed by atoms with Gasteiger partial charge < -0.3 is 23.7 Å². The summed E-state index contributed by atoms with van der Waals surface area (Å²) in [6, 6.07) is 5.60. The molecule has 32 heavy (non-hydrogen) atoms. The molecule has 2 atom stereocenters. The summed E-state index contributed by atoms with van der Waals surface area (Å²) >= 11 is 0. The Morgan fingerprint density at radius 1 is 0.750 bits per heavy atom. The minimum atomic E-state index is -0.723. The molecule has 1 fully saturated rings. The number of nitrogens with zero attached hydrogens (tertiary/aromatic N) is 2. The molecule has 0 bridgehead atoms. The molecular formula is C20H16N2O10. The van der Waals surface area contributed by atoms with Crippen LogP contribution < -0.4 is 18.9 Å². The highest BCUT2D eigenvalue weighted by Crippen LogP contribution is 2.42. The number of carbonyl (C=O) groups excluding carboxylic acids is 1. The van der Waals surface area contributed by atoms with Gasteiger partial charge in [-0.05, 0) is 25.0 Å². The zero-order valence-corrected chi connectivity index (χ0v) is 16.5. The number of hydrogen-bond acceptors (Lipinski definition) is 10. The molecule has 0 radical (unpaired) electrons. The van der Waals surface area contributed by atoms with Crippen LogP contribution in [0.5, 0.6) is 23.0 Å². The molecule has 0 N–H and O–H groups in total. The van der Waals surface area contributed by atoms with Crippen molar-refractivity contribution in [1.29, 1.82) is 0 Å². The zero-order valence-electron chi connectivity index (χ0n) is 16.5. The number of hydrogen-bond donors (Lipinski definition) is 0. The van der Waals surface area contributed by atoms with Crippen LogP contribution in [0.1, 0.15) is 11.1 Å². The van der Waals surface area contributed by atoms with Crippen molar-refractivity contribution in [1.82, 2.24) is 0 Å². The lowest BCUT2D eigenvalue weighted by molar-refractivity contribution is -0.385. The van der Waals surface area contributed by atoms with Crippen LogP contribution in [0.15, 0.2) is 24.3 Å². The van der Waals surface area contributed by atoms with Gasteiger partial charge in [0.2, 0.25) is 13.6 Å². The molecule has 5 rings (SSSR count). The summed E-state index contributed by atoms with van der Waals surface area (Å²) < 4.78 is 26.3. The van der Waals surface area contributed by atoms with Gasteiger partial charge in [0.1, 0.15) is 0 Å². The summed E-state index contributed by atoms with van der Waals surface area (Å²) in [4.78, 5) is 34.5. The van der Waals surface area contributed by atoms with Crippen molar-refractivity contribution in [3.63, 3.8) is 0 Å². The lowest BCUT2D eigenvalue weighted by Gasteiger charge is -2.16. The van der Waals surface area contributed by atoms with Gasteiger partial charge >= 0.3 is 5.97 Å². The van der Waals surface area contributed by atoms with Gasteiger partial charge in [-0.1, -0.05) is 0 Å². The first-order chi connectivity index (χ1) is 15.4. The standard InChI is InChI=1S/C20H16N2O10/c23-20-13(2-11-4-17-19(32-9-30-17)6-15(11)22(26)27)12(7-28-20)1-10-3-16-18(31-8-29-16)5-14(10)21(24)25/h3-6,12-13H,1-2,7-9H2/t12-,13+/m1/s1. The van der Waals surface area contributed by atoms with E-state index in [9.17, 15) is 25.0 Å². The van der Waals surface area contributed by atoms with Gasteiger partial charge in [0.05, 0.1) is 34.5 Å². The van der Waals surface area contributed by atoms with Gasteiger partial charge in [-0.15, -0.1) is 0 Å². The topological polar surface area (TPSA) is 150 Å².